The number of nitrogens with zero attached hydrogens (tertiary/aromatic N) is 3. The number of carbonyl (C=O) groups excluding carboxylic acids is 2. The molecule has 1 aliphatic carbocycles. The SMILES string of the molecule is Cn1nc(C(=O)NCc2ccncc2)cc1NC(=O)C1CCCC1. The molecule has 2 aromatic rings. The Morgan fingerprint density at radius 2 is 1.96 bits per heavy atom. The number of hydrogen-bond acceptors (Lipinski definition) is 4. The molecule has 0 radical (unpaired) electrons. The van der Waals surface area contributed by atoms with Crippen LogP contribution in [0.5, 0.6) is 0 Å². The van der Waals surface area contributed by atoms with Crippen molar-refractivity contribution in [3.63, 3.8) is 0 Å². The predicted molar refractivity (Wildman–Crippen MR) is 89.2 cm³/mol. The van der Waals surface area contributed by atoms with Crippen molar-refractivity contribution < 1.29 is 9.59 Å². The maximum absolute atomic E-state index is 12.2. The fourth-order valence-corrected chi connectivity index (χ4v) is 2.89. The molecule has 2 heterocycles. The van der Waals surface area contributed by atoms with Gasteiger partial charge in [-0.05, 0) is 30.5 Å². The largest absolute Gasteiger partial charge is 0.347 e. The van der Waals surface area contributed by atoms with Crippen molar-refractivity contribution in [3.8, 4) is 0 Å². The molecule has 0 atom stereocenters. The number of aromatic nitrogens is 3. The molecule has 0 aromatic carbocycles. The van der Waals surface area contributed by atoms with Gasteiger partial charge in [0.25, 0.3) is 5.91 Å². The van der Waals surface area contributed by atoms with E-state index in [-0.39, 0.29) is 23.4 Å². The van der Waals surface area contributed by atoms with Crippen molar-refractivity contribution in [2.45, 2.75) is 32.2 Å². The van der Waals surface area contributed by atoms with Gasteiger partial charge in [0.15, 0.2) is 5.69 Å². The van der Waals surface area contributed by atoms with E-state index < -0.39 is 0 Å². The number of rotatable bonds is 5. The first-order chi connectivity index (χ1) is 11.6. The van der Waals surface area contributed by atoms with Crippen molar-refractivity contribution in [1.82, 2.24) is 20.1 Å². The lowest BCUT2D eigenvalue weighted by atomic mass is 10.1. The van der Waals surface area contributed by atoms with Crippen LogP contribution >= 0.6 is 0 Å². The van der Waals surface area contributed by atoms with Crippen molar-refractivity contribution in [2.24, 2.45) is 13.0 Å². The average molecular weight is 327 g/mol. The van der Waals surface area contributed by atoms with Crippen molar-refractivity contribution in [3.05, 3.63) is 41.9 Å². The Kier molecular flexibility index (Phi) is 4.88. The molecule has 0 saturated heterocycles. The summed E-state index contributed by atoms with van der Waals surface area (Å²) in [6.45, 7) is 0.404. The number of anilines is 1. The lowest BCUT2D eigenvalue weighted by Crippen LogP contribution is -2.23. The van der Waals surface area contributed by atoms with Crippen LogP contribution in [0, 0.1) is 5.92 Å². The third-order valence-electron chi connectivity index (χ3n) is 4.29. The van der Waals surface area contributed by atoms with Gasteiger partial charge in [-0.15, -0.1) is 0 Å². The Morgan fingerprint density at radius 3 is 2.67 bits per heavy atom. The van der Waals surface area contributed by atoms with E-state index in [1.807, 2.05) is 12.1 Å². The van der Waals surface area contributed by atoms with Crippen LogP contribution < -0.4 is 10.6 Å². The van der Waals surface area contributed by atoms with Crippen molar-refractivity contribution in [2.75, 3.05) is 5.32 Å². The lowest BCUT2D eigenvalue weighted by molar-refractivity contribution is -0.119. The summed E-state index contributed by atoms with van der Waals surface area (Å²) in [5.74, 6) is 0.354. The zero-order chi connectivity index (χ0) is 16.9. The number of carbonyl (C=O) groups is 2. The first-order valence-corrected chi connectivity index (χ1v) is 8.15. The molecule has 2 amide bonds. The molecule has 0 bridgehead atoms. The first-order valence-electron chi connectivity index (χ1n) is 8.15. The Morgan fingerprint density at radius 1 is 1.25 bits per heavy atom. The van der Waals surface area contributed by atoms with Gasteiger partial charge >= 0.3 is 0 Å². The molecule has 0 spiro atoms. The highest BCUT2D eigenvalue weighted by atomic mass is 16.2. The molecule has 7 heteroatoms. The summed E-state index contributed by atoms with van der Waals surface area (Å²) in [5, 5.41) is 9.86. The molecule has 2 aromatic heterocycles. The number of hydrogen-bond donors (Lipinski definition) is 2. The van der Waals surface area contributed by atoms with Gasteiger partial charge in [0, 0.05) is 38.0 Å². The Hall–Kier alpha value is -2.70. The number of pyridine rings is 1. The van der Waals surface area contributed by atoms with Gasteiger partial charge in [-0.25, -0.2) is 0 Å². The highest BCUT2D eigenvalue weighted by Gasteiger charge is 2.24. The van der Waals surface area contributed by atoms with Gasteiger partial charge < -0.3 is 10.6 Å². The van der Waals surface area contributed by atoms with Crippen molar-refractivity contribution >= 4 is 17.6 Å². The highest BCUT2D eigenvalue weighted by Crippen LogP contribution is 2.26. The van der Waals surface area contributed by atoms with Crippen LogP contribution in [0.2, 0.25) is 0 Å². The minimum Gasteiger partial charge on any atom is -0.347 e. The van der Waals surface area contributed by atoms with Crippen LogP contribution in [0.4, 0.5) is 5.82 Å². The lowest BCUT2D eigenvalue weighted by Gasteiger charge is -2.09. The van der Waals surface area contributed by atoms with Crippen LogP contribution in [-0.4, -0.2) is 26.6 Å². The molecular formula is C17H21N5O2. The third-order valence-corrected chi connectivity index (χ3v) is 4.29. The molecule has 2 N–H and O–H groups in total. The number of amides is 2. The molecule has 24 heavy (non-hydrogen) atoms. The van der Waals surface area contributed by atoms with E-state index in [2.05, 4.69) is 20.7 Å². The average Bonchev–Trinajstić information content (AvgIpc) is 3.24. The normalized spacial score (nSPS) is 14.5. The molecular weight excluding hydrogens is 306 g/mol. The fourth-order valence-electron chi connectivity index (χ4n) is 2.89. The molecule has 0 unspecified atom stereocenters. The summed E-state index contributed by atoms with van der Waals surface area (Å²) in [4.78, 5) is 28.3. The van der Waals surface area contributed by atoms with Crippen LogP contribution in [-0.2, 0) is 18.4 Å². The summed E-state index contributed by atoms with van der Waals surface area (Å²) in [6, 6.07) is 5.28. The summed E-state index contributed by atoms with van der Waals surface area (Å²) in [6.07, 6.45) is 7.43. The predicted octanol–water partition coefficient (Wildman–Crippen LogP) is 1.87. The van der Waals surface area contributed by atoms with E-state index >= 15 is 0 Å². The minimum atomic E-state index is -0.274. The van der Waals surface area contributed by atoms with Crippen LogP contribution in [0.1, 0.15) is 41.7 Å². The quantitative estimate of drug-likeness (QED) is 0.877. The second kappa shape index (κ2) is 7.25. The van der Waals surface area contributed by atoms with Gasteiger partial charge in [-0.2, -0.15) is 5.10 Å². The Balaban J connectivity index is 1.60. The van der Waals surface area contributed by atoms with Crippen LogP contribution in [0.15, 0.2) is 30.6 Å². The Bertz CT molecular complexity index is 720. The molecule has 1 fully saturated rings. The van der Waals surface area contributed by atoms with E-state index in [0.29, 0.717) is 12.4 Å². The monoisotopic (exact) mass is 327 g/mol. The molecule has 3 rings (SSSR count). The second-order valence-corrected chi connectivity index (χ2v) is 6.05. The summed E-state index contributed by atoms with van der Waals surface area (Å²) < 4.78 is 1.52. The Labute approximate surface area is 140 Å². The van der Waals surface area contributed by atoms with E-state index in [9.17, 15) is 9.59 Å². The number of nitrogens with one attached hydrogen (secondary N) is 2. The summed E-state index contributed by atoms with van der Waals surface area (Å²) in [7, 11) is 1.71. The molecule has 1 saturated carbocycles. The van der Waals surface area contributed by atoms with Gasteiger partial charge in [-0.1, -0.05) is 12.8 Å². The standard InChI is InChI=1S/C17H21N5O2/c1-22-15(20-16(23)13-4-2-3-5-13)10-14(21-22)17(24)19-11-12-6-8-18-9-7-12/h6-10,13H,2-5,11H2,1H3,(H,19,24)(H,20,23). The van der Waals surface area contributed by atoms with Crippen molar-refractivity contribution in [1.29, 1.82) is 0 Å². The van der Waals surface area contributed by atoms with Gasteiger partial charge in [0.05, 0.1) is 0 Å². The topological polar surface area (TPSA) is 88.9 Å². The second-order valence-electron chi connectivity index (χ2n) is 6.05. The zero-order valence-corrected chi connectivity index (χ0v) is 13.7. The third kappa shape index (κ3) is 3.79. The van der Waals surface area contributed by atoms with Gasteiger partial charge in [-0.3, -0.25) is 19.3 Å². The maximum atomic E-state index is 12.2. The molecule has 0 aliphatic heterocycles. The van der Waals surface area contributed by atoms with Crippen LogP contribution in [0.25, 0.3) is 0 Å². The van der Waals surface area contributed by atoms with Gasteiger partial charge in [0.1, 0.15) is 5.82 Å². The summed E-state index contributed by atoms with van der Waals surface area (Å²) in [5.41, 5.74) is 1.25. The van der Waals surface area contributed by atoms with E-state index in [4.69, 9.17) is 0 Å². The zero-order valence-electron chi connectivity index (χ0n) is 13.7. The highest BCUT2D eigenvalue weighted by molar-refractivity contribution is 5.96. The van der Waals surface area contributed by atoms with E-state index in [1.165, 1.54) is 4.68 Å². The first kappa shape index (κ1) is 16.2. The van der Waals surface area contributed by atoms with E-state index in [0.717, 1.165) is 31.2 Å². The summed E-state index contributed by atoms with van der Waals surface area (Å²) >= 11 is 0. The van der Waals surface area contributed by atoms with E-state index in [1.54, 1.807) is 25.5 Å². The minimum absolute atomic E-state index is 0.0132. The van der Waals surface area contributed by atoms with Crippen LogP contribution in [0.3, 0.4) is 0 Å². The molecule has 7 nitrogen and oxygen atoms in total. The molecule has 1 aliphatic rings. The van der Waals surface area contributed by atoms with Gasteiger partial charge in [0.2, 0.25) is 5.91 Å². The maximum Gasteiger partial charge on any atom is 0.272 e. The molecule has 126 valence electrons. The smallest absolute Gasteiger partial charge is 0.272 e. The number of aryl methyl sites for hydroxylation is 1. The fraction of sp³-hybridized carbons (Fsp3) is 0.412.